The molecule has 1 aliphatic carbocycles. The molecule has 27 heavy (non-hydrogen) atoms. The highest BCUT2D eigenvalue weighted by Gasteiger charge is 2.42. The zero-order chi connectivity index (χ0) is 19.8. The van der Waals surface area contributed by atoms with Gasteiger partial charge in [0, 0.05) is 12.1 Å². The van der Waals surface area contributed by atoms with E-state index in [0.717, 1.165) is 12.8 Å². The molecule has 0 aromatic heterocycles. The molecule has 0 bridgehead atoms. The molecular formula is C19H26N2O5S. The molecular weight excluding hydrogens is 368 g/mol. The number of sulfonamides is 1. The highest BCUT2D eigenvalue weighted by molar-refractivity contribution is 7.93. The van der Waals surface area contributed by atoms with Gasteiger partial charge in [0.15, 0.2) is 0 Å². The van der Waals surface area contributed by atoms with E-state index in [2.05, 4.69) is 12.2 Å². The monoisotopic (exact) mass is 394 g/mol. The van der Waals surface area contributed by atoms with Crippen molar-refractivity contribution in [1.29, 1.82) is 0 Å². The van der Waals surface area contributed by atoms with Gasteiger partial charge in [-0.25, -0.2) is 13.2 Å². The SMILES string of the molecule is Cc1cc(N2CCCS2(=O)=O)ccc1C(=O)NC1(C(=O)O)CCC(C)CC1. The number of aliphatic carboxylic acids is 1. The fraction of sp³-hybridized carbons (Fsp3) is 0.579. The van der Waals surface area contributed by atoms with E-state index in [-0.39, 0.29) is 5.75 Å². The molecule has 0 radical (unpaired) electrons. The first-order valence-corrected chi connectivity index (χ1v) is 10.9. The Hall–Kier alpha value is -2.09. The Morgan fingerprint density at radius 3 is 2.44 bits per heavy atom. The molecule has 2 aliphatic rings. The summed E-state index contributed by atoms with van der Waals surface area (Å²) >= 11 is 0. The van der Waals surface area contributed by atoms with Gasteiger partial charge in [0.05, 0.1) is 11.4 Å². The lowest BCUT2D eigenvalue weighted by molar-refractivity contribution is -0.146. The minimum Gasteiger partial charge on any atom is -0.480 e. The van der Waals surface area contributed by atoms with Crippen molar-refractivity contribution in [1.82, 2.24) is 5.32 Å². The summed E-state index contributed by atoms with van der Waals surface area (Å²) in [7, 11) is -3.28. The van der Waals surface area contributed by atoms with Gasteiger partial charge in [-0.05, 0) is 68.7 Å². The normalized spacial score (nSPS) is 27.3. The van der Waals surface area contributed by atoms with E-state index in [0.29, 0.717) is 48.5 Å². The van der Waals surface area contributed by atoms with Crippen molar-refractivity contribution in [3.05, 3.63) is 29.3 Å². The number of nitrogens with zero attached hydrogens (tertiary/aromatic N) is 1. The molecule has 1 aromatic carbocycles. The summed E-state index contributed by atoms with van der Waals surface area (Å²) in [4.78, 5) is 24.6. The van der Waals surface area contributed by atoms with Crippen LogP contribution in [0.3, 0.4) is 0 Å². The van der Waals surface area contributed by atoms with Crippen molar-refractivity contribution in [2.75, 3.05) is 16.6 Å². The number of nitrogens with one attached hydrogen (secondary N) is 1. The first-order valence-electron chi connectivity index (χ1n) is 9.32. The quantitative estimate of drug-likeness (QED) is 0.815. The Morgan fingerprint density at radius 2 is 1.93 bits per heavy atom. The van der Waals surface area contributed by atoms with Crippen molar-refractivity contribution in [3.8, 4) is 0 Å². The number of benzene rings is 1. The molecule has 2 N–H and O–H groups in total. The van der Waals surface area contributed by atoms with E-state index in [1.807, 2.05) is 0 Å². The highest BCUT2D eigenvalue weighted by atomic mass is 32.2. The molecule has 3 rings (SSSR count). The van der Waals surface area contributed by atoms with E-state index < -0.39 is 27.4 Å². The fourth-order valence-electron chi connectivity index (χ4n) is 3.92. The van der Waals surface area contributed by atoms with Gasteiger partial charge in [-0.1, -0.05) is 6.92 Å². The predicted octanol–water partition coefficient (Wildman–Crippen LogP) is 2.30. The summed E-state index contributed by atoms with van der Waals surface area (Å²) in [6, 6.07) is 4.87. The predicted molar refractivity (Wildman–Crippen MR) is 102 cm³/mol. The molecule has 0 atom stereocenters. The lowest BCUT2D eigenvalue weighted by Crippen LogP contribution is -2.56. The van der Waals surface area contributed by atoms with Crippen LogP contribution in [0.1, 0.15) is 54.9 Å². The number of aryl methyl sites for hydroxylation is 1. The molecule has 1 amide bonds. The van der Waals surface area contributed by atoms with Gasteiger partial charge in [0.25, 0.3) is 5.91 Å². The molecule has 1 saturated carbocycles. The molecule has 1 aromatic rings. The number of carbonyl (C=O) groups is 2. The average Bonchev–Trinajstić information content (AvgIpc) is 2.96. The van der Waals surface area contributed by atoms with Crippen LogP contribution >= 0.6 is 0 Å². The van der Waals surface area contributed by atoms with Gasteiger partial charge < -0.3 is 10.4 Å². The van der Waals surface area contributed by atoms with Crippen LogP contribution < -0.4 is 9.62 Å². The number of rotatable bonds is 4. The summed E-state index contributed by atoms with van der Waals surface area (Å²) in [5.74, 6) is -0.841. The summed E-state index contributed by atoms with van der Waals surface area (Å²) in [6.07, 6.45) is 2.94. The first kappa shape index (κ1) is 19.7. The Morgan fingerprint density at radius 1 is 1.26 bits per heavy atom. The zero-order valence-corrected chi connectivity index (χ0v) is 16.5. The largest absolute Gasteiger partial charge is 0.480 e. The van der Waals surface area contributed by atoms with E-state index in [1.165, 1.54) is 4.31 Å². The summed E-state index contributed by atoms with van der Waals surface area (Å²) in [6.45, 7) is 4.26. The van der Waals surface area contributed by atoms with Gasteiger partial charge in [-0.15, -0.1) is 0 Å². The smallest absolute Gasteiger partial charge is 0.329 e. The molecule has 1 heterocycles. The van der Waals surface area contributed by atoms with Crippen LogP contribution in [-0.2, 0) is 14.8 Å². The van der Waals surface area contributed by atoms with Gasteiger partial charge in [-0.3, -0.25) is 9.10 Å². The molecule has 8 heteroatoms. The van der Waals surface area contributed by atoms with Crippen molar-refractivity contribution >= 4 is 27.6 Å². The standard InChI is InChI=1S/C19H26N2O5S/c1-13-6-8-19(9-7-13,18(23)24)20-17(22)16-5-4-15(12-14(16)2)21-10-3-11-27(21,25)26/h4-5,12-13H,3,6-11H2,1-2H3,(H,20,22)(H,23,24). The van der Waals surface area contributed by atoms with Crippen LogP contribution in [0, 0.1) is 12.8 Å². The number of carbonyl (C=O) groups excluding carboxylic acids is 1. The maximum absolute atomic E-state index is 12.8. The number of hydrogen-bond donors (Lipinski definition) is 2. The Labute approximate surface area is 159 Å². The third kappa shape index (κ3) is 3.81. The molecule has 1 aliphatic heterocycles. The lowest BCUT2D eigenvalue weighted by Gasteiger charge is -2.36. The van der Waals surface area contributed by atoms with Crippen LogP contribution in [0.25, 0.3) is 0 Å². The minimum absolute atomic E-state index is 0.133. The second-order valence-electron chi connectivity index (χ2n) is 7.76. The van der Waals surface area contributed by atoms with Crippen LogP contribution in [-0.4, -0.2) is 43.2 Å². The zero-order valence-electron chi connectivity index (χ0n) is 15.7. The Bertz CT molecular complexity index is 857. The van der Waals surface area contributed by atoms with Gasteiger partial charge >= 0.3 is 5.97 Å². The van der Waals surface area contributed by atoms with Crippen LogP contribution in [0.2, 0.25) is 0 Å². The number of carboxylic acids is 1. The molecule has 148 valence electrons. The third-order valence-electron chi connectivity index (χ3n) is 5.73. The number of anilines is 1. The van der Waals surface area contributed by atoms with E-state index >= 15 is 0 Å². The highest BCUT2D eigenvalue weighted by Crippen LogP contribution is 2.33. The molecule has 0 unspecified atom stereocenters. The van der Waals surface area contributed by atoms with Crippen molar-refractivity contribution in [3.63, 3.8) is 0 Å². The average molecular weight is 394 g/mol. The van der Waals surface area contributed by atoms with E-state index in [4.69, 9.17) is 0 Å². The maximum Gasteiger partial charge on any atom is 0.329 e. The van der Waals surface area contributed by atoms with E-state index in [9.17, 15) is 23.1 Å². The van der Waals surface area contributed by atoms with Gasteiger partial charge in [-0.2, -0.15) is 0 Å². The second kappa shape index (κ2) is 7.14. The number of carboxylic acid groups (broad SMARTS) is 1. The minimum atomic E-state index is -3.28. The first-order chi connectivity index (χ1) is 12.6. The molecule has 2 fully saturated rings. The Balaban J connectivity index is 1.82. The lowest BCUT2D eigenvalue weighted by atomic mass is 9.77. The third-order valence-corrected chi connectivity index (χ3v) is 7.60. The van der Waals surface area contributed by atoms with Crippen molar-refractivity contribution in [2.24, 2.45) is 5.92 Å². The molecule has 7 nitrogen and oxygen atoms in total. The Kier molecular flexibility index (Phi) is 5.20. The van der Waals surface area contributed by atoms with Crippen LogP contribution in [0.4, 0.5) is 5.69 Å². The maximum atomic E-state index is 12.8. The fourth-order valence-corrected chi connectivity index (χ4v) is 5.48. The van der Waals surface area contributed by atoms with E-state index in [1.54, 1.807) is 25.1 Å². The van der Waals surface area contributed by atoms with Crippen LogP contribution in [0.5, 0.6) is 0 Å². The second-order valence-corrected chi connectivity index (χ2v) is 9.78. The summed E-state index contributed by atoms with van der Waals surface area (Å²) in [5, 5.41) is 12.4. The number of amides is 1. The van der Waals surface area contributed by atoms with Gasteiger partial charge in [0.2, 0.25) is 10.0 Å². The molecule has 1 saturated heterocycles. The van der Waals surface area contributed by atoms with Gasteiger partial charge in [0.1, 0.15) is 5.54 Å². The van der Waals surface area contributed by atoms with Crippen molar-refractivity contribution in [2.45, 2.75) is 51.5 Å². The number of hydrogen-bond acceptors (Lipinski definition) is 4. The summed E-state index contributed by atoms with van der Waals surface area (Å²) < 4.78 is 25.5. The van der Waals surface area contributed by atoms with Crippen molar-refractivity contribution < 1.29 is 23.1 Å². The topological polar surface area (TPSA) is 104 Å². The summed E-state index contributed by atoms with van der Waals surface area (Å²) in [5.41, 5.74) is 0.305. The van der Waals surface area contributed by atoms with Crippen LogP contribution in [0.15, 0.2) is 18.2 Å². The molecule has 0 spiro atoms.